The Balaban J connectivity index is 0.955. The highest BCUT2D eigenvalue weighted by Crippen LogP contribution is 2.34. The summed E-state index contributed by atoms with van der Waals surface area (Å²) in [5.74, 6) is -1.17. The van der Waals surface area contributed by atoms with E-state index in [0.717, 1.165) is 46.2 Å². The molecular weight excluding hydrogens is 942 g/mol. The minimum atomic E-state index is -1.57. The highest BCUT2D eigenvalue weighted by atomic mass is 35.5. The molecule has 0 aliphatic rings. The lowest BCUT2D eigenvalue weighted by Gasteiger charge is -2.24. The average Bonchev–Trinajstić information content (AvgIpc) is 3.34. The van der Waals surface area contributed by atoms with Gasteiger partial charge in [0.15, 0.2) is 0 Å². The van der Waals surface area contributed by atoms with Gasteiger partial charge in [0.05, 0.1) is 41.6 Å². The lowest BCUT2D eigenvalue weighted by molar-refractivity contribution is -0.153. The maximum atomic E-state index is 13.2. The fourth-order valence-electron chi connectivity index (χ4n) is 7.02. The van der Waals surface area contributed by atoms with Crippen LogP contribution in [0.2, 0.25) is 15.1 Å². The molecule has 0 aromatic heterocycles. The summed E-state index contributed by atoms with van der Waals surface area (Å²) in [7, 11) is 0. The Bertz CT molecular complexity index is 2710. The van der Waals surface area contributed by atoms with Gasteiger partial charge in [-0.05, 0) is 140 Å². The van der Waals surface area contributed by atoms with Crippen molar-refractivity contribution in [1.29, 1.82) is 0 Å². The number of esters is 2. The molecule has 0 unspecified atom stereocenters. The van der Waals surface area contributed by atoms with Crippen LogP contribution in [0.5, 0.6) is 17.2 Å². The zero-order valence-electron chi connectivity index (χ0n) is 38.7. The Labute approximate surface area is 417 Å². The lowest BCUT2D eigenvalue weighted by Crippen LogP contribution is -2.40. The monoisotopic (exact) mass is 994 g/mol. The lowest BCUT2D eigenvalue weighted by atomic mass is 10.0. The van der Waals surface area contributed by atoms with E-state index in [1.54, 1.807) is 72.8 Å². The molecule has 0 aliphatic heterocycles. The van der Waals surface area contributed by atoms with Crippen molar-refractivity contribution in [3.05, 3.63) is 170 Å². The Morgan fingerprint density at radius 1 is 0.565 bits per heavy atom. The third-order valence-electron chi connectivity index (χ3n) is 11.0. The minimum Gasteiger partial charge on any atom is -0.493 e. The second-order valence-electron chi connectivity index (χ2n) is 16.6. The molecule has 360 valence electrons. The van der Waals surface area contributed by atoms with Crippen LogP contribution in [0.3, 0.4) is 0 Å². The number of carbonyl (C=O) groups is 4. The molecule has 0 atom stereocenters. The Morgan fingerprint density at radius 3 is 1.52 bits per heavy atom. The van der Waals surface area contributed by atoms with E-state index >= 15 is 0 Å². The van der Waals surface area contributed by atoms with E-state index in [-0.39, 0.29) is 28.1 Å². The molecule has 14 heteroatoms. The third kappa shape index (κ3) is 15.0. The van der Waals surface area contributed by atoms with Crippen molar-refractivity contribution in [3.8, 4) is 39.5 Å². The number of alkyl halides is 1. The number of carbonyl (C=O) groups excluding carboxylic acids is 4. The summed E-state index contributed by atoms with van der Waals surface area (Å²) in [6.45, 7) is 6.24. The van der Waals surface area contributed by atoms with Crippen molar-refractivity contribution >= 4 is 58.6 Å². The molecule has 10 nitrogen and oxygen atoms in total. The molecule has 0 heterocycles. The molecule has 6 rings (SSSR count). The van der Waals surface area contributed by atoms with Crippen molar-refractivity contribution in [2.75, 3.05) is 33.0 Å². The summed E-state index contributed by atoms with van der Waals surface area (Å²) < 4.78 is 35.2. The van der Waals surface area contributed by atoms with Crippen LogP contribution in [-0.4, -0.2) is 62.3 Å². The average molecular weight is 996 g/mol. The maximum Gasteiger partial charge on any atom is 0.357 e. The number of ether oxygens (including phenoxy) is 4. The predicted molar refractivity (Wildman–Crippen MR) is 270 cm³/mol. The normalized spacial score (nSPS) is 11.1. The molecule has 0 fully saturated rings. The minimum absolute atomic E-state index is 0.181. The van der Waals surface area contributed by atoms with Gasteiger partial charge < -0.3 is 29.6 Å². The van der Waals surface area contributed by atoms with E-state index in [1.165, 1.54) is 13.8 Å². The van der Waals surface area contributed by atoms with Crippen molar-refractivity contribution in [3.63, 3.8) is 0 Å². The van der Waals surface area contributed by atoms with Gasteiger partial charge in [-0.2, -0.15) is 0 Å². The topological polar surface area (TPSA) is 129 Å². The molecule has 0 bridgehead atoms. The van der Waals surface area contributed by atoms with E-state index in [1.807, 2.05) is 54.6 Å². The largest absolute Gasteiger partial charge is 0.493 e. The number of nitrogens with one attached hydrogen (secondary N) is 2. The van der Waals surface area contributed by atoms with Crippen LogP contribution in [0, 0.1) is 0 Å². The molecule has 0 radical (unpaired) electrons. The Hall–Kier alpha value is -6.40. The summed E-state index contributed by atoms with van der Waals surface area (Å²) in [6.07, 6.45) is 3.96. The van der Waals surface area contributed by atoms with Crippen molar-refractivity contribution in [1.82, 2.24) is 10.6 Å². The van der Waals surface area contributed by atoms with Gasteiger partial charge in [0, 0.05) is 23.1 Å². The molecule has 0 spiro atoms. The quantitative estimate of drug-likeness (QED) is 0.0369. The van der Waals surface area contributed by atoms with Gasteiger partial charge in [-0.15, -0.1) is 0 Å². The molecule has 0 saturated carbocycles. The fraction of sp³-hybridized carbons (Fsp3) is 0.273. The molecule has 69 heavy (non-hydrogen) atoms. The van der Waals surface area contributed by atoms with Crippen molar-refractivity contribution in [2.24, 2.45) is 0 Å². The first kappa shape index (κ1) is 52.0. The molecule has 2 amide bonds. The maximum absolute atomic E-state index is 13.2. The van der Waals surface area contributed by atoms with Crippen molar-refractivity contribution < 1.29 is 42.5 Å². The number of amides is 2. The van der Waals surface area contributed by atoms with Gasteiger partial charge >= 0.3 is 11.9 Å². The first-order valence-electron chi connectivity index (χ1n) is 22.8. The number of halogens is 4. The standard InChI is InChI=1S/C55H54Cl3FN2O8/c1-4-5-31-66-48-24-21-43(56)34-45(48)51(62)60-30-27-37-10-14-40(15-11-37)42-20-23-50(47(58)33-42)69-55(2,3)54(65)68-53(64)41-18-16-39(17-19-41)38-12-8-36(9-13-38)26-29-61-52(63)46-35-44(57)22-25-49(46)67-32-7-6-28-59/h8-25,33-35H,4-7,26-32H2,1-3H3,(H,60,62)(H,61,63). The zero-order valence-corrected chi connectivity index (χ0v) is 40.9. The van der Waals surface area contributed by atoms with Gasteiger partial charge in [-0.1, -0.05) is 115 Å². The summed E-state index contributed by atoms with van der Waals surface area (Å²) in [6, 6.07) is 37.4. The first-order valence-corrected chi connectivity index (χ1v) is 23.9. The number of rotatable bonds is 23. The highest BCUT2D eigenvalue weighted by Gasteiger charge is 2.35. The SMILES string of the molecule is CCCCOc1ccc(Cl)cc1C(=O)NCCc1ccc(-c2ccc(OC(C)(C)C(=O)OC(=O)c3ccc(-c4ccc(CCNC(=O)c5cc(Cl)ccc5OCCCCF)cc4)cc3)c(Cl)c2)cc1. The van der Waals surface area contributed by atoms with Crippen LogP contribution >= 0.6 is 34.8 Å². The van der Waals surface area contributed by atoms with Gasteiger partial charge in [-0.25, -0.2) is 9.59 Å². The van der Waals surface area contributed by atoms with Crippen LogP contribution in [-0.2, 0) is 22.4 Å². The molecule has 6 aromatic rings. The summed E-state index contributed by atoms with van der Waals surface area (Å²) >= 11 is 19.0. The van der Waals surface area contributed by atoms with Gasteiger partial charge in [0.1, 0.15) is 17.2 Å². The molecule has 0 saturated heterocycles. The van der Waals surface area contributed by atoms with Crippen LogP contribution < -0.4 is 24.8 Å². The Kier molecular flexibility index (Phi) is 19.0. The van der Waals surface area contributed by atoms with E-state index in [0.29, 0.717) is 84.7 Å². The van der Waals surface area contributed by atoms with Crippen LogP contribution in [0.1, 0.15) is 88.7 Å². The zero-order chi connectivity index (χ0) is 49.3. The third-order valence-corrected chi connectivity index (χ3v) is 11.7. The van der Waals surface area contributed by atoms with Crippen molar-refractivity contribution in [2.45, 2.75) is 64.9 Å². The van der Waals surface area contributed by atoms with E-state index in [2.05, 4.69) is 17.6 Å². The van der Waals surface area contributed by atoms with E-state index in [9.17, 15) is 23.6 Å². The number of hydrogen-bond acceptors (Lipinski definition) is 8. The molecule has 6 aromatic carbocycles. The number of hydrogen-bond donors (Lipinski definition) is 2. The van der Waals surface area contributed by atoms with Crippen LogP contribution in [0.15, 0.2) is 127 Å². The fourth-order valence-corrected chi connectivity index (χ4v) is 7.58. The second kappa shape index (κ2) is 25.3. The van der Waals surface area contributed by atoms with Crippen LogP contribution in [0.25, 0.3) is 22.3 Å². The Morgan fingerprint density at radius 2 is 1.03 bits per heavy atom. The van der Waals surface area contributed by atoms with Crippen LogP contribution in [0.4, 0.5) is 4.39 Å². The number of unbranched alkanes of at least 4 members (excludes halogenated alkanes) is 2. The second-order valence-corrected chi connectivity index (χ2v) is 17.9. The van der Waals surface area contributed by atoms with E-state index < -0.39 is 24.2 Å². The van der Waals surface area contributed by atoms with Gasteiger partial charge in [0.2, 0.25) is 5.60 Å². The smallest absolute Gasteiger partial charge is 0.357 e. The summed E-state index contributed by atoms with van der Waals surface area (Å²) in [4.78, 5) is 52.3. The molecular formula is C55H54Cl3FN2O8. The first-order chi connectivity index (χ1) is 33.2. The highest BCUT2D eigenvalue weighted by molar-refractivity contribution is 6.32. The number of benzene rings is 6. The summed E-state index contributed by atoms with van der Waals surface area (Å²) in [5.41, 5.74) is 4.80. The predicted octanol–water partition coefficient (Wildman–Crippen LogP) is 12.8. The van der Waals surface area contributed by atoms with E-state index in [4.69, 9.17) is 53.8 Å². The molecule has 2 N–H and O–H groups in total. The van der Waals surface area contributed by atoms with Gasteiger partial charge in [0.25, 0.3) is 11.8 Å². The van der Waals surface area contributed by atoms with Gasteiger partial charge in [-0.3, -0.25) is 14.0 Å². The molecule has 0 aliphatic carbocycles. The summed E-state index contributed by atoms with van der Waals surface area (Å²) in [5, 5.41) is 6.99.